The molecule has 17 heavy (non-hydrogen) atoms. The van der Waals surface area contributed by atoms with Gasteiger partial charge in [-0.2, -0.15) is 5.10 Å². The Bertz CT molecular complexity index is 541. The largest absolute Gasteiger partial charge is 0.295 e. The highest BCUT2D eigenvalue weighted by atomic mass is 16.1. The van der Waals surface area contributed by atoms with Gasteiger partial charge in [0.2, 0.25) is 0 Å². The number of carbonyl (C=O) groups is 1. The van der Waals surface area contributed by atoms with E-state index >= 15 is 0 Å². The van der Waals surface area contributed by atoms with Crippen molar-refractivity contribution in [1.29, 1.82) is 0 Å². The van der Waals surface area contributed by atoms with Gasteiger partial charge in [-0.25, -0.2) is 4.68 Å². The zero-order chi connectivity index (χ0) is 12.4. The zero-order valence-electron chi connectivity index (χ0n) is 10.3. The summed E-state index contributed by atoms with van der Waals surface area (Å²) < 4.78 is 1.89. The van der Waals surface area contributed by atoms with Gasteiger partial charge in [0.05, 0.1) is 5.69 Å². The second kappa shape index (κ2) is 4.53. The van der Waals surface area contributed by atoms with Crippen molar-refractivity contribution in [2.24, 2.45) is 0 Å². The summed E-state index contributed by atoms with van der Waals surface area (Å²) in [5.74, 6) is 0.476. The van der Waals surface area contributed by atoms with Crippen LogP contribution in [0.25, 0.3) is 5.69 Å². The lowest BCUT2D eigenvalue weighted by Crippen LogP contribution is -2.04. The minimum absolute atomic E-state index is 0.0742. The Labute approximate surface area is 101 Å². The van der Waals surface area contributed by atoms with Crippen LogP contribution in [0, 0.1) is 0 Å². The average molecular weight is 228 g/mol. The number of benzene rings is 1. The summed E-state index contributed by atoms with van der Waals surface area (Å²) >= 11 is 0. The fraction of sp³-hybridized carbons (Fsp3) is 0.286. The third kappa shape index (κ3) is 2.28. The topological polar surface area (TPSA) is 34.9 Å². The third-order valence-electron chi connectivity index (χ3n) is 2.76. The van der Waals surface area contributed by atoms with E-state index in [2.05, 4.69) is 18.9 Å². The number of ketones is 1. The summed E-state index contributed by atoms with van der Waals surface area (Å²) in [6.45, 7) is 5.83. The van der Waals surface area contributed by atoms with Crippen LogP contribution < -0.4 is 0 Å². The van der Waals surface area contributed by atoms with Gasteiger partial charge in [-0.15, -0.1) is 0 Å². The quantitative estimate of drug-likeness (QED) is 0.756. The minimum Gasteiger partial charge on any atom is -0.295 e. The predicted molar refractivity (Wildman–Crippen MR) is 67.7 cm³/mol. The monoisotopic (exact) mass is 228 g/mol. The van der Waals surface area contributed by atoms with Crippen molar-refractivity contribution in [3.63, 3.8) is 0 Å². The fourth-order valence-corrected chi connectivity index (χ4v) is 1.82. The van der Waals surface area contributed by atoms with Crippen LogP contribution in [-0.4, -0.2) is 15.6 Å². The molecule has 0 saturated heterocycles. The molecule has 0 bridgehead atoms. The number of hydrogen-bond acceptors (Lipinski definition) is 2. The summed E-state index contributed by atoms with van der Waals surface area (Å²) in [7, 11) is 0. The van der Waals surface area contributed by atoms with Crippen LogP contribution in [0.2, 0.25) is 0 Å². The molecule has 0 saturated carbocycles. The van der Waals surface area contributed by atoms with E-state index in [-0.39, 0.29) is 5.78 Å². The van der Waals surface area contributed by atoms with Gasteiger partial charge < -0.3 is 0 Å². The molecule has 0 unspecified atom stereocenters. The molecular formula is C14H16N2O. The first-order valence-electron chi connectivity index (χ1n) is 5.75. The molecule has 3 nitrogen and oxygen atoms in total. The van der Waals surface area contributed by atoms with Gasteiger partial charge >= 0.3 is 0 Å². The van der Waals surface area contributed by atoms with Gasteiger partial charge in [0.25, 0.3) is 0 Å². The molecule has 0 spiro atoms. The first-order valence-corrected chi connectivity index (χ1v) is 5.75. The number of rotatable bonds is 3. The summed E-state index contributed by atoms with van der Waals surface area (Å²) in [6.07, 6.45) is 1.79. The first-order chi connectivity index (χ1) is 8.09. The zero-order valence-corrected chi connectivity index (χ0v) is 10.3. The molecule has 0 N–H and O–H groups in total. The molecule has 0 aliphatic rings. The second-order valence-corrected chi connectivity index (χ2v) is 4.43. The van der Waals surface area contributed by atoms with Gasteiger partial charge in [-0.05, 0) is 31.0 Å². The molecule has 0 fully saturated rings. The lowest BCUT2D eigenvalue weighted by molar-refractivity contribution is 0.101. The van der Waals surface area contributed by atoms with E-state index in [4.69, 9.17) is 0 Å². The number of nitrogens with zero attached hydrogens (tertiary/aromatic N) is 2. The number of carbonyl (C=O) groups excluding carboxylic acids is 1. The van der Waals surface area contributed by atoms with E-state index < -0.39 is 0 Å². The van der Waals surface area contributed by atoms with Crippen LogP contribution in [0.5, 0.6) is 0 Å². The average Bonchev–Trinajstić information content (AvgIpc) is 2.78. The SMILES string of the molecule is CC(=O)c1cccc(-n2nccc2C(C)C)c1. The molecule has 0 atom stereocenters. The van der Waals surface area contributed by atoms with Gasteiger partial charge in [0.15, 0.2) is 5.78 Å². The fourth-order valence-electron chi connectivity index (χ4n) is 1.82. The second-order valence-electron chi connectivity index (χ2n) is 4.43. The number of Topliss-reactive ketones (excluding diaryl/α,β-unsaturated/α-hetero) is 1. The minimum atomic E-state index is 0.0742. The van der Waals surface area contributed by atoms with Crippen molar-refractivity contribution in [2.75, 3.05) is 0 Å². The van der Waals surface area contributed by atoms with E-state index in [1.807, 2.05) is 35.0 Å². The highest BCUT2D eigenvalue weighted by Crippen LogP contribution is 2.19. The van der Waals surface area contributed by atoms with Crippen LogP contribution in [0.3, 0.4) is 0 Å². The van der Waals surface area contributed by atoms with Crippen LogP contribution in [-0.2, 0) is 0 Å². The lowest BCUT2D eigenvalue weighted by Gasteiger charge is -2.10. The Morgan fingerprint density at radius 2 is 2.06 bits per heavy atom. The van der Waals surface area contributed by atoms with E-state index in [1.54, 1.807) is 13.1 Å². The van der Waals surface area contributed by atoms with Crippen LogP contribution in [0.1, 0.15) is 42.7 Å². The molecule has 3 heteroatoms. The summed E-state index contributed by atoms with van der Waals surface area (Å²) in [5.41, 5.74) is 2.80. The molecule has 0 radical (unpaired) electrons. The molecule has 0 aliphatic carbocycles. The maximum absolute atomic E-state index is 11.4. The van der Waals surface area contributed by atoms with Crippen molar-refractivity contribution in [1.82, 2.24) is 9.78 Å². The molecule has 88 valence electrons. The van der Waals surface area contributed by atoms with E-state index in [0.29, 0.717) is 11.5 Å². The third-order valence-corrected chi connectivity index (χ3v) is 2.76. The molecular weight excluding hydrogens is 212 g/mol. The maximum Gasteiger partial charge on any atom is 0.159 e. The van der Waals surface area contributed by atoms with Gasteiger partial charge in [0, 0.05) is 17.5 Å². The van der Waals surface area contributed by atoms with Crippen molar-refractivity contribution < 1.29 is 4.79 Å². The van der Waals surface area contributed by atoms with Gasteiger partial charge in [0.1, 0.15) is 0 Å². The van der Waals surface area contributed by atoms with Crippen molar-refractivity contribution >= 4 is 5.78 Å². The molecule has 0 aliphatic heterocycles. The highest BCUT2D eigenvalue weighted by Gasteiger charge is 2.09. The molecule has 0 amide bonds. The number of hydrogen-bond donors (Lipinski definition) is 0. The molecule has 2 rings (SSSR count). The van der Waals surface area contributed by atoms with Crippen molar-refractivity contribution in [2.45, 2.75) is 26.7 Å². The van der Waals surface area contributed by atoms with E-state index in [1.165, 1.54) is 0 Å². The normalized spacial score (nSPS) is 10.8. The predicted octanol–water partition coefficient (Wildman–Crippen LogP) is 3.20. The van der Waals surface area contributed by atoms with Crippen molar-refractivity contribution in [3.05, 3.63) is 47.8 Å². The van der Waals surface area contributed by atoms with E-state index in [9.17, 15) is 4.79 Å². The van der Waals surface area contributed by atoms with Gasteiger partial charge in [-0.3, -0.25) is 4.79 Å². The van der Waals surface area contributed by atoms with Crippen molar-refractivity contribution in [3.8, 4) is 5.69 Å². The molecule has 2 aromatic rings. The highest BCUT2D eigenvalue weighted by molar-refractivity contribution is 5.94. The van der Waals surface area contributed by atoms with Crippen LogP contribution >= 0.6 is 0 Å². The van der Waals surface area contributed by atoms with Gasteiger partial charge in [-0.1, -0.05) is 26.0 Å². The molecule has 1 aromatic heterocycles. The van der Waals surface area contributed by atoms with Crippen LogP contribution in [0.15, 0.2) is 36.5 Å². The Balaban J connectivity index is 2.49. The Morgan fingerprint density at radius 1 is 1.29 bits per heavy atom. The summed E-state index contributed by atoms with van der Waals surface area (Å²) in [5, 5.41) is 4.31. The van der Waals surface area contributed by atoms with Crippen LogP contribution in [0.4, 0.5) is 0 Å². The Hall–Kier alpha value is -1.90. The lowest BCUT2D eigenvalue weighted by atomic mass is 10.1. The number of aromatic nitrogens is 2. The smallest absolute Gasteiger partial charge is 0.159 e. The Kier molecular flexibility index (Phi) is 3.09. The first kappa shape index (κ1) is 11.6. The summed E-state index contributed by atoms with van der Waals surface area (Å²) in [6, 6.07) is 9.56. The maximum atomic E-state index is 11.4. The Morgan fingerprint density at radius 3 is 2.71 bits per heavy atom. The molecule has 1 heterocycles. The van der Waals surface area contributed by atoms with E-state index in [0.717, 1.165) is 11.4 Å². The summed E-state index contributed by atoms with van der Waals surface area (Å²) in [4.78, 5) is 11.4. The standard InChI is InChI=1S/C14H16N2O/c1-10(2)14-7-8-15-16(14)13-6-4-5-12(9-13)11(3)17/h4-10H,1-3H3. The molecule has 1 aromatic carbocycles.